The molecule has 4 aromatic carbocycles. The van der Waals surface area contributed by atoms with Crippen molar-refractivity contribution in [1.29, 1.82) is 0 Å². The lowest BCUT2D eigenvalue weighted by Gasteiger charge is -2.17. The molecule has 2 radical (unpaired) electrons. The third-order valence-electron chi connectivity index (χ3n) is 5.01. The molecule has 0 aliphatic rings. The van der Waals surface area contributed by atoms with Crippen molar-refractivity contribution in [3.63, 3.8) is 0 Å². The Hall–Kier alpha value is -2.44. The molecule has 0 unspecified atom stereocenters. The lowest BCUT2D eigenvalue weighted by Crippen LogP contribution is -2.32. The van der Waals surface area contributed by atoms with E-state index in [1.54, 1.807) is 4.90 Å². The molecule has 4 aromatic rings. The number of aliphatic hydroxyl groups is 3. The predicted octanol–water partition coefficient (Wildman–Crippen LogP) is 2.21. The van der Waals surface area contributed by atoms with E-state index in [0.717, 1.165) is 10.8 Å². The highest BCUT2D eigenvalue weighted by molar-refractivity contribution is 6.41. The van der Waals surface area contributed by atoms with Gasteiger partial charge >= 0.3 is 0 Å². The number of rotatable bonds is 6. The van der Waals surface area contributed by atoms with Crippen LogP contribution in [-0.2, 0) is 0 Å². The Morgan fingerprint density at radius 3 is 1.79 bits per heavy atom. The maximum Gasteiger partial charge on any atom is 0.114 e. The molecular weight excluding hydrogens is 361 g/mol. The van der Waals surface area contributed by atoms with Crippen LogP contribution in [0.25, 0.3) is 32.3 Å². The lowest BCUT2D eigenvalue weighted by molar-refractivity contribution is 0.136. The normalized spacial score (nSPS) is 11.2. The van der Waals surface area contributed by atoms with Gasteiger partial charge in [-0.05, 0) is 44.5 Å². The second-order valence-electron chi connectivity index (χ2n) is 6.94. The van der Waals surface area contributed by atoms with Crippen LogP contribution in [0.1, 0.15) is 0 Å². The van der Waals surface area contributed by atoms with Gasteiger partial charge in [0.25, 0.3) is 0 Å². The quantitative estimate of drug-likeness (QED) is 0.270. The fraction of sp³-hybridized carbons (Fsp3) is 0.250. The van der Waals surface area contributed by atoms with Gasteiger partial charge in [0, 0.05) is 19.6 Å². The van der Waals surface area contributed by atoms with E-state index >= 15 is 0 Å². The molecule has 0 aliphatic carbocycles. The molecule has 0 saturated heterocycles. The minimum atomic E-state index is 0.0694. The van der Waals surface area contributed by atoms with E-state index in [1.807, 2.05) is 12.1 Å². The Balaban J connectivity index is 0.000000207. The summed E-state index contributed by atoms with van der Waals surface area (Å²) in [4.78, 5) is 1.79. The molecule has 29 heavy (non-hydrogen) atoms. The first kappa shape index (κ1) is 21.3. The van der Waals surface area contributed by atoms with E-state index in [0.29, 0.717) is 19.6 Å². The van der Waals surface area contributed by atoms with Crippen LogP contribution in [-0.4, -0.2) is 67.5 Å². The zero-order chi connectivity index (χ0) is 20.6. The average Bonchev–Trinajstić information content (AvgIpc) is 2.73. The zero-order valence-corrected chi connectivity index (χ0v) is 16.5. The summed E-state index contributed by atoms with van der Waals surface area (Å²) in [7, 11) is 6.17. The van der Waals surface area contributed by atoms with Crippen LogP contribution in [0.5, 0.6) is 0 Å². The van der Waals surface area contributed by atoms with Gasteiger partial charge in [0.05, 0.1) is 19.8 Å². The molecule has 0 aliphatic heterocycles. The maximum absolute atomic E-state index is 8.48. The van der Waals surface area contributed by atoms with Crippen LogP contribution in [0, 0.1) is 0 Å². The van der Waals surface area contributed by atoms with Crippen LogP contribution in [0.3, 0.4) is 0 Å². The molecule has 5 heteroatoms. The fourth-order valence-electron chi connectivity index (χ4n) is 3.59. The molecule has 0 heterocycles. The van der Waals surface area contributed by atoms with Gasteiger partial charge in [-0.25, -0.2) is 0 Å². The van der Waals surface area contributed by atoms with Gasteiger partial charge in [-0.2, -0.15) is 0 Å². The summed E-state index contributed by atoms with van der Waals surface area (Å²) in [6.07, 6.45) is 0. The fourth-order valence-corrected chi connectivity index (χ4v) is 3.59. The molecule has 148 valence electrons. The van der Waals surface area contributed by atoms with Crippen molar-refractivity contribution in [3.05, 3.63) is 66.7 Å². The van der Waals surface area contributed by atoms with E-state index in [9.17, 15) is 0 Å². The molecule has 0 spiro atoms. The van der Waals surface area contributed by atoms with E-state index in [-0.39, 0.29) is 19.8 Å². The third-order valence-corrected chi connectivity index (χ3v) is 5.01. The smallest absolute Gasteiger partial charge is 0.114 e. The van der Waals surface area contributed by atoms with Crippen molar-refractivity contribution in [1.82, 2.24) is 4.90 Å². The zero-order valence-electron chi connectivity index (χ0n) is 16.5. The standard InChI is InChI=1S/C18H11B.C6H15NO3/c19-17-7-3-6-12-8-9-15-10-13-4-1-2-5-14(13)11-16(15)18(12)17;8-4-1-7(2-5-9)3-6-10/h1-11H;8-10H,1-6H2. The molecule has 4 nitrogen and oxygen atoms in total. The molecule has 0 aromatic heterocycles. The summed E-state index contributed by atoms with van der Waals surface area (Å²) in [5.41, 5.74) is 0.846. The lowest BCUT2D eigenvalue weighted by atomic mass is 9.87. The first-order valence-electron chi connectivity index (χ1n) is 9.82. The monoisotopic (exact) mass is 387 g/mol. The molecule has 0 atom stereocenters. The van der Waals surface area contributed by atoms with Gasteiger partial charge in [-0.15, -0.1) is 0 Å². The minimum Gasteiger partial charge on any atom is -0.395 e. The Morgan fingerprint density at radius 2 is 1.17 bits per heavy atom. The highest BCUT2D eigenvalue weighted by Crippen LogP contribution is 2.28. The molecular formula is C24H26BNO3. The second kappa shape index (κ2) is 10.4. The Labute approximate surface area is 172 Å². The number of fused-ring (bicyclic) bond motifs is 4. The Kier molecular flexibility index (Phi) is 7.61. The number of benzene rings is 4. The van der Waals surface area contributed by atoms with Crippen LogP contribution >= 0.6 is 0 Å². The van der Waals surface area contributed by atoms with Crippen molar-refractivity contribution in [2.24, 2.45) is 0 Å². The van der Waals surface area contributed by atoms with Crippen LogP contribution in [0.2, 0.25) is 0 Å². The average molecular weight is 387 g/mol. The number of hydrogen-bond acceptors (Lipinski definition) is 4. The van der Waals surface area contributed by atoms with Gasteiger partial charge in [0.1, 0.15) is 7.85 Å². The van der Waals surface area contributed by atoms with Crippen LogP contribution in [0.15, 0.2) is 66.7 Å². The van der Waals surface area contributed by atoms with Gasteiger partial charge < -0.3 is 15.3 Å². The van der Waals surface area contributed by atoms with Gasteiger partial charge in [-0.3, -0.25) is 4.90 Å². The van der Waals surface area contributed by atoms with Crippen LogP contribution in [0.4, 0.5) is 0 Å². The first-order chi connectivity index (χ1) is 14.2. The predicted molar refractivity (Wildman–Crippen MR) is 122 cm³/mol. The first-order valence-corrected chi connectivity index (χ1v) is 9.82. The van der Waals surface area contributed by atoms with E-state index < -0.39 is 0 Å². The summed E-state index contributed by atoms with van der Waals surface area (Å²) in [6, 6.07) is 23.3. The summed E-state index contributed by atoms with van der Waals surface area (Å²) in [5.74, 6) is 0. The molecule has 3 N–H and O–H groups in total. The second-order valence-corrected chi connectivity index (χ2v) is 6.94. The van der Waals surface area contributed by atoms with Crippen molar-refractivity contribution in [3.8, 4) is 0 Å². The van der Waals surface area contributed by atoms with Crippen molar-refractivity contribution < 1.29 is 15.3 Å². The van der Waals surface area contributed by atoms with Gasteiger partial charge in [0.2, 0.25) is 0 Å². The molecule has 0 fully saturated rings. The number of hydrogen-bond donors (Lipinski definition) is 3. The van der Waals surface area contributed by atoms with Crippen molar-refractivity contribution >= 4 is 45.6 Å². The number of aliphatic hydroxyl groups excluding tert-OH is 3. The number of nitrogens with zero attached hydrogens (tertiary/aromatic N) is 1. The molecule has 4 rings (SSSR count). The summed E-state index contributed by atoms with van der Waals surface area (Å²) in [6.45, 7) is 1.75. The van der Waals surface area contributed by atoms with E-state index in [2.05, 4.69) is 54.6 Å². The minimum absolute atomic E-state index is 0.0694. The molecule has 0 saturated carbocycles. The van der Waals surface area contributed by atoms with E-state index in [4.69, 9.17) is 23.2 Å². The van der Waals surface area contributed by atoms with Crippen molar-refractivity contribution in [2.45, 2.75) is 0 Å². The SMILES string of the molecule is OCCN(CCO)CCO.[B]c1cccc2ccc3cc4ccccc4cc3c12. The van der Waals surface area contributed by atoms with Crippen LogP contribution < -0.4 is 5.46 Å². The highest BCUT2D eigenvalue weighted by Gasteiger charge is 2.04. The van der Waals surface area contributed by atoms with Gasteiger partial charge in [0.15, 0.2) is 0 Å². The Bertz CT molecular complexity index is 1070. The largest absolute Gasteiger partial charge is 0.395 e. The summed E-state index contributed by atoms with van der Waals surface area (Å²) < 4.78 is 0. The molecule has 0 amide bonds. The summed E-state index contributed by atoms with van der Waals surface area (Å²) in [5, 5.41) is 32.8. The summed E-state index contributed by atoms with van der Waals surface area (Å²) >= 11 is 0. The van der Waals surface area contributed by atoms with E-state index in [1.165, 1.54) is 26.9 Å². The van der Waals surface area contributed by atoms with Crippen molar-refractivity contribution in [2.75, 3.05) is 39.5 Å². The topological polar surface area (TPSA) is 63.9 Å². The highest BCUT2D eigenvalue weighted by atomic mass is 16.3. The molecule has 0 bridgehead atoms. The van der Waals surface area contributed by atoms with Gasteiger partial charge in [-0.1, -0.05) is 60.1 Å². The third kappa shape index (κ3) is 5.14. The Morgan fingerprint density at radius 1 is 0.621 bits per heavy atom. The maximum atomic E-state index is 8.48.